The van der Waals surface area contributed by atoms with Crippen molar-refractivity contribution in [2.45, 2.75) is 26.8 Å². The van der Waals surface area contributed by atoms with Crippen LogP contribution in [0.25, 0.3) is 0 Å². The number of aromatic nitrogens is 1. The van der Waals surface area contributed by atoms with Crippen LogP contribution in [0.1, 0.15) is 17.7 Å². The van der Waals surface area contributed by atoms with Crippen LogP contribution in [-0.2, 0) is 6.54 Å². The molecule has 1 aromatic heterocycles. The first-order valence-corrected chi connectivity index (χ1v) is 4.87. The van der Waals surface area contributed by atoms with Crippen molar-refractivity contribution in [3.05, 3.63) is 23.5 Å². The van der Waals surface area contributed by atoms with Gasteiger partial charge < -0.3 is 9.47 Å². The molecule has 0 aromatic carbocycles. The summed E-state index contributed by atoms with van der Waals surface area (Å²) in [5.74, 6) is 0. The van der Waals surface area contributed by atoms with E-state index in [2.05, 4.69) is 49.7 Å². The Morgan fingerprint density at radius 1 is 1.31 bits per heavy atom. The van der Waals surface area contributed by atoms with Gasteiger partial charge >= 0.3 is 0 Å². The third-order valence-electron chi connectivity index (χ3n) is 2.25. The third-order valence-corrected chi connectivity index (χ3v) is 2.25. The molecule has 2 nitrogen and oxygen atoms in total. The predicted octanol–water partition coefficient (Wildman–Crippen LogP) is 2.06. The summed E-state index contributed by atoms with van der Waals surface area (Å²) in [4.78, 5) is 2.23. The lowest BCUT2D eigenvalue weighted by atomic mass is 10.3. The van der Waals surface area contributed by atoms with Gasteiger partial charge in [-0.2, -0.15) is 0 Å². The summed E-state index contributed by atoms with van der Waals surface area (Å²) in [6.45, 7) is 6.62. The van der Waals surface area contributed by atoms with Gasteiger partial charge in [-0.05, 0) is 52.5 Å². The van der Waals surface area contributed by atoms with Gasteiger partial charge in [0.25, 0.3) is 0 Å². The zero-order valence-electron chi connectivity index (χ0n) is 9.17. The molecule has 0 atom stereocenters. The Bertz CT molecular complexity index is 261. The third kappa shape index (κ3) is 3.23. The van der Waals surface area contributed by atoms with Crippen molar-refractivity contribution < 1.29 is 0 Å². The van der Waals surface area contributed by atoms with Gasteiger partial charge in [0.15, 0.2) is 0 Å². The quantitative estimate of drug-likeness (QED) is 0.688. The van der Waals surface area contributed by atoms with Gasteiger partial charge in [-0.15, -0.1) is 0 Å². The maximum atomic E-state index is 2.33. The van der Waals surface area contributed by atoms with Gasteiger partial charge in [0, 0.05) is 18.4 Å². The summed E-state index contributed by atoms with van der Waals surface area (Å²) in [6.07, 6.45) is 3.45. The fraction of sp³-hybridized carbons (Fsp3) is 0.636. The normalized spacial score (nSPS) is 11.2. The van der Waals surface area contributed by atoms with Gasteiger partial charge in [0.1, 0.15) is 0 Å². The molecule has 0 aliphatic rings. The Hall–Kier alpha value is -0.760. The molecule has 0 spiro atoms. The summed E-state index contributed by atoms with van der Waals surface area (Å²) in [7, 11) is 4.24. The predicted molar refractivity (Wildman–Crippen MR) is 57.1 cm³/mol. The molecule has 0 aliphatic carbocycles. The van der Waals surface area contributed by atoms with Crippen molar-refractivity contribution in [1.82, 2.24) is 9.47 Å². The van der Waals surface area contributed by atoms with E-state index in [9.17, 15) is 0 Å². The van der Waals surface area contributed by atoms with E-state index in [1.807, 2.05) is 0 Å². The number of aryl methyl sites for hydroxylation is 3. The molecular formula is C11H20N2. The molecule has 74 valence electrons. The summed E-state index contributed by atoms with van der Waals surface area (Å²) >= 11 is 0. The number of rotatable bonds is 4. The average Bonchev–Trinajstić information content (AvgIpc) is 2.29. The average molecular weight is 180 g/mol. The van der Waals surface area contributed by atoms with Crippen molar-refractivity contribution in [2.75, 3.05) is 20.6 Å². The fourth-order valence-electron chi connectivity index (χ4n) is 1.60. The molecule has 1 heterocycles. The standard InChI is InChI=1S/C11H20N2/c1-10-8-11(2)13(9-10)7-5-6-12(3)4/h8-9H,5-7H2,1-4H3. The molecule has 0 radical (unpaired) electrons. The molecule has 0 unspecified atom stereocenters. The molecule has 0 amide bonds. The van der Waals surface area contributed by atoms with Crippen LogP contribution in [0.2, 0.25) is 0 Å². The lowest BCUT2D eigenvalue weighted by Gasteiger charge is -2.10. The first-order valence-electron chi connectivity index (χ1n) is 4.87. The molecular weight excluding hydrogens is 160 g/mol. The molecule has 2 heteroatoms. The van der Waals surface area contributed by atoms with E-state index in [1.165, 1.54) is 17.7 Å². The second-order valence-corrected chi connectivity index (χ2v) is 4.01. The second-order valence-electron chi connectivity index (χ2n) is 4.01. The summed E-state index contributed by atoms with van der Waals surface area (Å²) in [6, 6.07) is 2.23. The maximum absolute atomic E-state index is 2.33. The SMILES string of the molecule is Cc1cc(C)n(CCCN(C)C)c1. The van der Waals surface area contributed by atoms with E-state index in [0.717, 1.165) is 13.1 Å². The number of hydrogen-bond donors (Lipinski definition) is 0. The Morgan fingerprint density at radius 2 is 2.00 bits per heavy atom. The molecule has 13 heavy (non-hydrogen) atoms. The highest BCUT2D eigenvalue weighted by Crippen LogP contribution is 2.06. The summed E-state index contributed by atoms with van der Waals surface area (Å²) < 4.78 is 2.33. The Labute approximate surface area is 81.2 Å². The molecule has 0 saturated heterocycles. The smallest absolute Gasteiger partial charge is 0.0234 e. The highest BCUT2D eigenvalue weighted by atomic mass is 15.1. The molecule has 0 saturated carbocycles. The van der Waals surface area contributed by atoms with Crippen LogP contribution in [0.15, 0.2) is 12.3 Å². The van der Waals surface area contributed by atoms with E-state index in [1.54, 1.807) is 0 Å². The van der Waals surface area contributed by atoms with Crippen molar-refractivity contribution in [1.29, 1.82) is 0 Å². The Morgan fingerprint density at radius 3 is 2.46 bits per heavy atom. The van der Waals surface area contributed by atoms with Crippen LogP contribution < -0.4 is 0 Å². The minimum absolute atomic E-state index is 1.14. The molecule has 0 bridgehead atoms. The van der Waals surface area contributed by atoms with E-state index in [0.29, 0.717) is 0 Å². The molecule has 0 aliphatic heterocycles. The minimum Gasteiger partial charge on any atom is -0.351 e. The van der Waals surface area contributed by atoms with Crippen LogP contribution in [0.4, 0.5) is 0 Å². The molecule has 1 aromatic rings. The largest absolute Gasteiger partial charge is 0.351 e. The first kappa shape index (κ1) is 10.3. The minimum atomic E-state index is 1.14. The van der Waals surface area contributed by atoms with E-state index in [-0.39, 0.29) is 0 Å². The zero-order chi connectivity index (χ0) is 9.84. The molecule has 0 N–H and O–H groups in total. The van der Waals surface area contributed by atoms with E-state index < -0.39 is 0 Å². The van der Waals surface area contributed by atoms with Crippen LogP contribution in [0.5, 0.6) is 0 Å². The van der Waals surface area contributed by atoms with Gasteiger partial charge in [0.2, 0.25) is 0 Å². The van der Waals surface area contributed by atoms with Gasteiger partial charge in [-0.3, -0.25) is 0 Å². The van der Waals surface area contributed by atoms with Crippen molar-refractivity contribution in [3.63, 3.8) is 0 Å². The van der Waals surface area contributed by atoms with Crippen molar-refractivity contribution >= 4 is 0 Å². The highest BCUT2D eigenvalue weighted by Gasteiger charge is 1.98. The topological polar surface area (TPSA) is 8.17 Å². The first-order chi connectivity index (χ1) is 6.09. The van der Waals surface area contributed by atoms with Crippen LogP contribution in [0, 0.1) is 13.8 Å². The van der Waals surface area contributed by atoms with Gasteiger partial charge in [0.05, 0.1) is 0 Å². The van der Waals surface area contributed by atoms with E-state index in [4.69, 9.17) is 0 Å². The molecule has 1 rings (SSSR count). The summed E-state index contributed by atoms with van der Waals surface area (Å²) in [5.41, 5.74) is 2.73. The Balaban J connectivity index is 2.40. The lowest BCUT2D eigenvalue weighted by Crippen LogP contribution is -2.15. The van der Waals surface area contributed by atoms with Crippen LogP contribution in [0.3, 0.4) is 0 Å². The van der Waals surface area contributed by atoms with Gasteiger partial charge in [-0.25, -0.2) is 0 Å². The van der Waals surface area contributed by atoms with E-state index >= 15 is 0 Å². The van der Waals surface area contributed by atoms with Crippen molar-refractivity contribution in [2.24, 2.45) is 0 Å². The highest BCUT2D eigenvalue weighted by molar-refractivity contribution is 5.15. The maximum Gasteiger partial charge on any atom is 0.0234 e. The fourth-order valence-corrected chi connectivity index (χ4v) is 1.60. The number of nitrogens with zero attached hydrogens (tertiary/aromatic N) is 2. The monoisotopic (exact) mass is 180 g/mol. The molecule has 0 fully saturated rings. The van der Waals surface area contributed by atoms with Crippen LogP contribution in [-0.4, -0.2) is 30.1 Å². The Kier molecular flexibility index (Phi) is 3.55. The van der Waals surface area contributed by atoms with Gasteiger partial charge in [-0.1, -0.05) is 0 Å². The zero-order valence-corrected chi connectivity index (χ0v) is 9.17. The van der Waals surface area contributed by atoms with Crippen molar-refractivity contribution in [3.8, 4) is 0 Å². The summed E-state index contributed by atoms with van der Waals surface area (Å²) in [5, 5.41) is 0. The lowest BCUT2D eigenvalue weighted by molar-refractivity contribution is 0.385. The van der Waals surface area contributed by atoms with Crippen LogP contribution >= 0.6 is 0 Å². The number of hydrogen-bond acceptors (Lipinski definition) is 1. The second kappa shape index (κ2) is 4.47.